The third-order valence-corrected chi connectivity index (χ3v) is 4.95. The fourth-order valence-electron chi connectivity index (χ4n) is 2.63. The normalized spacial score (nSPS) is 14.8. The average molecular weight is 341 g/mol. The molecule has 1 aliphatic heterocycles. The van der Waals surface area contributed by atoms with Gasteiger partial charge in [0.25, 0.3) is 0 Å². The minimum atomic E-state index is -0.100. The predicted octanol–water partition coefficient (Wildman–Crippen LogP) is 3.07. The monoisotopic (exact) mass is 341 g/mol. The lowest BCUT2D eigenvalue weighted by atomic mass is 10.2. The summed E-state index contributed by atoms with van der Waals surface area (Å²) in [6.45, 7) is 5.08. The molecule has 2 amide bonds. The molecule has 7 heteroatoms. The number of nitrogens with zero attached hydrogens (tertiary/aromatic N) is 4. The van der Waals surface area contributed by atoms with E-state index >= 15 is 0 Å². The molecule has 0 atom stereocenters. The highest BCUT2D eigenvalue weighted by Crippen LogP contribution is 2.21. The van der Waals surface area contributed by atoms with Crippen molar-refractivity contribution >= 4 is 28.2 Å². The number of nitrogens with one attached hydrogen (secondary N) is 1. The van der Waals surface area contributed by atoms with Crippen molar-refractivity contribution < 1.29 is 4.79 Å². The zero-order chi connectivity index (χ0) is 16.9. The van der Waals surface area contributed by atoms with Gasteiger partial charge in [0.2, 0.25) is 0 Å². The first kappa shape index (κ1) is 16.3. The van der Waals surface area contributed by atoms with E-state index in [2.05, 4.69) is 26.6 Å². The second-order valence-corrected chi connectivity index (χ2v) is 6.55. The van der Waals surface area contributed by atoms with E-state index in [1.54, 1.807) is 35.6 Å². The number of hydrogen-bond donors (Lipinski definition) is 1. The molecule has 1 saturated heterocycles. The van der Waals surface area contributed by atoms with Crippen LogP contribution >= 0.6 is 11.3 Å². The fourth-order valence-corrected chi connectivity index (χ4v) is 3.49. The van der Waals surface area contributed by atoms with Gasteiger partial charge < -0.3 is 15.1 Å². The number of benzene rings is 1. The van der Waals surface area contributed by atoms with E-state index in [1.165, 1.54) is 0 Å². The van der Waals surface area contributed by atoms with Gasteiger partial charge in [-0.1, -0.05) is 0 Å². The van der Waals surface area contributed by atoms with Gasteiger partial charge in [0.05, 0.1) is 17.3 Å². The number of anilines is 2. The second kappa shape index (κ2) is 7.32. The van der Waals surface area contributed by atoms with E-state index in [-0.39, 0.29) is 6.03 Å². The smallest absolute Gasteiger partial charge is 0.321 e. The number of nitriles is 1. The first-order valence-electron chi connectivity index (χ1n) is 7.89. The van der Waals surface area contributed by atoms with Gasteiger partial charge in [0.1, 0.15) is 0 Å². The summed E-state index contributed by atoms with van der Waals surface area (Å²) in [7, 11) is 0. The van der Waals surface area contributed by atoms with Gasteiger partial charge in [-0.2, -0.15) is 5.26 Å². The average Bonchev–Trinajstić information content (AvgIpc) is 2.88. The maximum Gasteiger partial charge on any atom is 0.321 e. The van der Waals surface area contributed by atoms with Crippen molar-refractivity contribution in [2.75, 3.05) is 36.4 Å². The van der Waals surface area contributed by atoms with Crippen LogP contribution in [0.4, 0.5) is 15.6 Å². The van der Waals surface area contributed by atoms with Gasteiger partial charge in [-0.15, -0.1) is 11.3 Å². The zero-order valence-corrected chi connectivity index (χ0v) is 14.3. The van der Waals surface area contributed by atoms with Gasteiger partial charge in [0.15, 0.2) is 5.13 Å². The molecule has 24 heavy (non-hydrogen) atoms. The van der Waals surface area contributed by atoms with Gasteiger partial charge in [-0.3, -0.25) is 0 Å². The summed E-state index contributed by atoms with van der Waals surface area (Å²) in [5.41, 5.74) is 2.32. The molecule has 1 aromatic carbocycles. The molecule has 2 aromatic rings. The Hall–Kier alpha value is -2.59. The van der Waals surface area contributed by atoms with Gasteiger partial charge in [-0.25, -0.2) is 9.78 Å². The molecule has 0 bridgehead atoms. The molecule has 1 aliphatic rings. The lowest BCUT2D eigenvalue weighted by Crippen LogP contribution is -2.38. The zero-order valence-electron chi connectivity index (χ0n) is 13.5. The number of urea groups is 1. The van der Waals surface area contributed by atoms with Crippen molar-refractivity contribution in [3.05, 3.63) is 40.9 Å². The van der Waals surface area contributed by atoms with Gasteiger partial charge in [0, 0.05) is 37.2 Å². The van der Waals surface area contributed by atoms with E-state index in [0.29, 0.717) is 17.8 Å². The largest absolute Gasteiger partial charge is 0.346 e. The van der Waals surface area contributed by atoms with Crippen molar-refractivity contribution in [2.45, 2.75) is 13.3 Å². The molecular formula is C17H19N5OS. The Balaban J connectivity index is 1.58. The predicted molar refractivity (Wildman–Crippen MR) is 95.4 cm³/mol. The summed E-state index contributed by atoms with van der Waals surface area (Å²) >= 11 is 1.65. The van der Waals surface area contributed by atoms with E-state index in [0.717, 1.165) is 36.9 Å². The Kier molecular flexibility index (Phi) is 4.96. The number of hydrogen-bond acceptors (Lipinski definition) is 5. The molecule has 0 aliphatic carbocycles. The van der Waals surface area contributed by atoms with Crippen LogP contribution in [0.25, 0.3) is 0 Å². The molecule has 1 aromatic heterocycles. The van der Waals surface area contributed by atoms with Crippen LogP contribution in [0.1, 0.15) is 17.7 Å². The first-order chi connectivity index (χ1) is 11.7. The van der Waals surface area contributed by atoms with Crippen molar-refractivity contribution in [3.63, 3.8) is 0 Å². The van der Waals surface area contributed by atoms with Crippen LogP contribution in [0, 0.1) is 18.3 Å². The van der Waals surface area contributed by atoms with Crippen LogP contribution in [-0.4, -0.2) is 42.1 Å². The number of carbonyl (C=O) groups excluding carboxylic acids is 1. The second-order valence-electron chi connectivity index (χ2n) is 5.72. The molecule has 1 N–H and O–H groups in total. The first-order valence-corrected chi connectivity index (χ1v) is 8.77. The maximum atomic E-state index is 12.4. The summed E-state index contributed by atoms with van der Waals surface area (Å²) in [6.07, 6.45) is 0.916. The molecule has 0 saturated carbocycles. The highest BCUT2D eigenvalue weighted by atomic mass is 32.1. The molecule has 1 fully saturated rings. The Labute approximate surface area is 145 Å². The van der Waals surface area contributed by atoms with Crippen LogP contribution in [0.5, 0.6) is 0 Å². The van der Waals surface area contributed by atoms with E-state index in [4.69, 9.17) is 5.26 Å². The lowest BCUT2D eigenvalue weighted by molar-refractivity contribution is 0.215. The SMILES string of the molecule is Cc1csc(N2CCCN(C(=O)Nc3ccc(C#N)cc3)CC2)n1. The topological polar surface area (TPSA) is 72.3 Å². The molecule has 6 nitrogen and oxygen atoms in total. The lowest BCUT2D eigenvalue weighted by Gasteiger charge is -2.22. The molecule has 0 spiro atoms. The molecule has 3 rings (SSSR count). The van der Waals surface area contributed by atoms with E-state index in [1.807, 2.05) is 11.8 Å². The highest BCUT2D eigenvalue weighted by Gasteiger charge is 2.20. The van der Waals surface area contributed by atoms with Crippen LogP contribution in [-0.2, 0) is 0 Å². The fraction of sp³-hybridized carbons (Fsp3) is 0.353. The number of aryl methyl sites for hydroxylation is 1. The number of rotatable bonds is 2. The third kappa shape index (κ3) is 3.84. The van der Waals surface area contributed by atoms with Crippen molar-refractivity contribution in [1.82, 2.24) is 9.88 Å². The molecule has 0 unspecified atom stereocenters. The van der Waals surface area contributed by atoms with Crippen molar-refractivity contribution in [1.29, 1.82) is 5.26 Å². The van der Waals surface area contributed by atoms with Crippen molar-refractivity contribution in [3.8, 4) is 6.07 Å². The summed E-state index contributed by atoms with van der Waals surface area (Å²) in [6, 6.07) is 8.86. The quantitative estimate of drug-likeness (QED) is 0.911. The van der Waals surface area contributed by atoms with Crippen LogP contribution in [0.2, 0.25) is 0 Å². The standard InChI is InChI=1S/C17H19N5OS/c1-13-12-24-17(19-13)22-8-2-7-21(9-10-22)16(23)20-15-5-3-14(11-18)4-6-15/h3-6,12H,2,7-10H2,1H3,(H,20,23). The Morgan fingerprint density at radius 1 is 1.25 bits per heavy atom. The Morgan fingerprint density at radius 2 is 2.04 bits per heavy atom. The number of amides is 2. The molecule has 2 heterocycles. The van der Waals surface area contributed by atoms with E-state index in [9.17, 15) is 4.79 Å². The molecule has 0 radical (unpaired) electrons. The number of aromatic nitrogens is 1. The summed E-state index contributed by atoms with van der Waals surface area (Å²) in [5, 5.41) is 14.8. The summed E-state index contributed by atoms with van der Waals surface area (Å²) in [5.74, 6) is 0. The Morgan fingerprint density at radius 3 is 2.71 bits per heavy atom. The van der Waals surface area contributed by atoms with Crippen LogP contribution in [0.15, 0.2) is 29.6 Å². The molecule has 124 valence electrons. The third-order valence-electron chi connectivity index (χ3n) is 3.93. The van der Waals surface area contributed by atoms with Crippen molar-refractivity contribution in [2.24, 2.45) is 0 Å². The highest BCUT2D eigenvalue weighted by molar-refractivity contribution is 7.13. The minimum absolute atomic E-state index is 0.100. The number of carbonyl (C=O) groups is 1. The van der Waals surface area contributed by atoms with Crippen LogP contribution < -0.4 is 10.2 Å². The van der Waals surface area contributed by atoms with Crippen LogP contribution in [0.3, 0.4) is 0 Å². The summed E-state index contributed by atoms with van der Waals surface area (Å²) < 4.78 is 0. The maximum absolute atomic E-state index is 12.4. The van der Waals surface area contributed by atoms with Gasteiger partial charge >= 0.3 is 6.03 Å². The molecular weight excluding hydrogens is 322 g/mol. The Bertz CT molecular complexity index is 749. The van der Waals surface area contributed by atoms with Gasteiger partial charge in [-0.05, 0) is 37.6 Å². The number of thiazole rings is 1. The minimum Gasteiger partial charge on any atom is -0.346 e. The van der Waals surface area contributed by atoms with E-state index < -0.39 is 0 Å². The summed E-state index contributed by atoms with van der Waals surface area (Å²) in [4.78, 5) is 21.0.